The van der Waals surface area contributed by atoms with E-state index in [1.165, 1.54) is 5.56 Å². The number of anilines is 1. The van der Waals surface area contributed by atoms with E-state index in [1.54, 1.807) is 0 Å². The van der Waals surface area contributed by atoms with Crippen LogP contribution >= 0.6 is 34.8 Å². The summed E-state index contributed by atoms with van der Waals surface area (Å²) in [6.45, 7) is 6.18. The first-order chi connectivity index (χ1) is 11.1. The lowest BCUT2D eigenvalue weighted by molar-refractivity contribution is 0.234. The van der Waals surface area contributed by atoms with E-state index in [-0.39, 0.29) is 6.04 Å². The number of nitrogens with zero attached hydrogens (tertiary/aromatic N) is 2. The Labute approximate surface area is 152 Å². The normalized spacial score (nSPS) is 19.1. The lowest BCUT2D eigenvalue weighted by atomic mass is 10.0. The van der Waals surface area contributed by atoms with Gasteiger partial charge in [-0.1, -0.05) is 53.9 Å². The van der Waals surface area contributed by atoms with E-state index in [0.29, 0.717) is 10.0 Å². The molecule has 0 aliphatic carbocycles. The SMILES string of the molecule is CCN1CCN(c2ccc(Cl)cc2Cl)C(c2ccc(Cl)cc2)C1. The summed E-state index contributed by atoms with van der Waals surface area (Å²) in [5, 5.41) is 2.11. The van der Waals surface area contributed by atoms with Gasteiger partial charge in [0.15, 0.2) is 0 Å². The Morgan fingerprint density at radius 3 is 2.30 bits per heavy atom. The summed E-state index contributed by atoms with van der Waals surface area (Å²) < 4.78 is 0. The predicted octanol–water partition coefficient (Wildman–Crippen LogP) is 5.53. The van der Waals surface area contributed by atoms with Gasteiger partial charge in [-0.25, -0.2) is 0 Å². The molecule has 1 fully saturated rings. The first-order valence-electron chi connectivity index (χ1n) is 7.78. The van der Waals surface area contributed by atoms with Crippen LogP contribution in [0.15, 0.2) is 42.5 Å². The van der Waals surface area contributed by atoms with Crippen molar-refractivity contribution in [2.75, 3.05) is 31.1 Å². The minimum absolute atomic E-state index is 0.250. The van der Waals surface area contributed by atoms with Crippen LogP contribution in [0.3, 0.4) is 0 Å². The summed E-state index contributed by atoms with van der Waals surface area (Å²) in [6.07, 6.45) is 0. The lowest BCUT2D eigenvalue weighted by Crippen LogP contribution is -2.48. The molecule has 1 unspecified atom stereocenters. The minimum Gasteiger partial charge on any atom is -0.361 e. The molecule has 0 aromatic heterocycles. The van der Waals surface area contributed by atoms with Crippen molar-refractivity contribution in [1.29, 1.82) is 0 Å². The molecule has 0 bridgehead atoms. The Balaban J connectivity index is 1.97. The summed E-state index contributed by atoms with van der Waals surface area (Å²) in [4.78, 5) is 4.83. The van der Waals surface area contributed by atoms with Gasteiger partial charge >= 0.3 is 0 Å². The van der Waals surface area contributed by atoms with Gasteiger partial charge in [0, 0.05) is 29.7 Å². The highest BCUT2D eigenvalue weighted by Gasteiger charge is 2.29. The van der Waals surface area contributed by atoms with Crippen LogP contribution in [0, 0.1) is 0 Å². The fourth-order valence-electron chi connectivity index (χ4n) is 3.10. The van der Waals surface area contributed by atoms with Crippen molar-refractivity contribution in [3.05, 3.63) is 63.1 Å². The zero-order valence-electron chi connectivity index (χ0n) is 13.0. The van der Waals surface area contributed by atoms with Crippen molar-refractivity contribution in [3.63, 3.8) is 0 Å². The van der Waals surface area contributed by atoms with Crippen LogP contribution in [0.2, 0.25) is 15.1 Å². The molecule has 23 heavy (non-hydrogen) atoms. The summed E-state index contributed by atoms with van der Waals surface area (Å²) in [5.74, 6) is 0. The van der Waals surface area contributed by atoms with E-state index < -0.39 is 0 Å². The molecule has 3 rings (SSSR count). The maximum atomic E-state index is 6.45. The topological polar surface area (TPSA) is 6.48 Å². The van der Waals surface area contributed by atoms with Gasteiger partial charge in [-0.05, 0) is 42.4 Å². The fraction of sp³-hybridized carbons (Fsp3) is 0.333. The smallest absolute Gasteiger partial charge is 0.0670 e. The molecular formula is C18H19Cl3N2. The molecule has 1 aliphatic heterocycles. The van der Waals surface area contributed by atoms with Crippen molar-refractivity contribution >= 4 is 40.5 Å². The number of hydrogen-bond acceptors (Lipinski definition) is 2. The Hall–Kier alpha value is -0.930. The molecule has 1 atom stereocenters. The van der Waals surface area contributed by atoms with Crippen LogP contribution in [0.4, 0.5) is 5.69 Å². The number of likely N-dealkylation sites (N-methyl/N-ethyl adjacent to an activating group) is 1. The van der Waals surface area contributed by atoms with E-state index in [9.17, 15) is 0 Å². The molecule has 2 aromatic carbocycles. The second kappa shape index (κ2) is 7.31. The van der Waals surface area contributed by atoms with Crippen molar-refractivity contribution in [2.24, 2.45) is 0 Å². The second-order valence-electron chi connectivity index (χ2n) is 5.75. The van der Waals surface area contributed by atoms with Crippen molar-refractivity contribution < 1.29 is 0 Å². The number of hydrogen-bond donors (Lipinski definition) is 0. The Morgan fingerprint density at radius 2 is 1.65 bits per heavy atom. The van der Waals surface area contributed by atoms with Gasteiger partial charge < -0.3 is 4.90 Å². The number of piperazine rings is 1. The first kappa shape index (κ1) is 16.9. The Morgan fingerprint density at radius 1 is 0.957 bits per heavy atom. The molecule has 122 valence electrons. The van der Waals surface area contributed by atoms with E-state index in [2.05, 4.69) is 28.9 Å². The summed E-state index contributed by atoms with van der Waals surface area (Å²) in [7, 11) is 0. The zero-order valence-corrected chi connectivity index (χ0v) is 15.2. The number of rotatable bonds is 3. The summed E-state index contributed by atoms with van der Waals surface area (Å²) >= 11 is 18.5. The maximum absolute atomic E-state index is 6.45. The Bertz CT molecular complexity index is 672. The van der Waals surface area contributed by atoms with Crippen molar-refractivity contribution in [3.8, 4) is 0 Å². The molecule has 1 aliphatic rings. The van der Waals surface area contributed by atoms with Gasteiger partial charge in [0.05, 0.1) is 16.8 Å². The average Bonchev–Trinajstić information content (AvgIpc) is 2.55. The third-order valence-corrected chi connectivity index (χ3v) is 5.18. The zero-order chi connectivity index (χ0) is 16.4. The molecule has 5 heteroatoms. The quantitative estimate of drug-likeness (QED) is 0.702. The van der Waals surface area contributed by atoms with Crippen molar-refractivity contribution in [1.82, 2.24) is 4.90 Å². The number of halogens is 3. The monoisotopic (exact) mass is 368 g/mol. The van der Waals surface area contributed by atoms with Gasteiger partial charge in [0.25, 0.3) is 0 Å². The van der Waals surface area contributed by atoms with Gasteiger partial charge in [0.2, 0.25) is 0 Å². The molecule has 0 amide bonds. The lowest BCUT2D eigenvalue weighted by Gasteiger charge is -2.43. The van der Waals surface area contributed by atoms with Crippen LogP contribution in [-0.4, -0.2) is 31.1 Å². The molecule has 0 spiro atoms. The first-order valence-corrected chi connectivity index (χ1v) is 8.91. The minimum atomic E-state index is 0.250. The van der Waals surface area contributed by atoms with Crippen LogP contribution in [0.1, 0.15) is 18.5 Å². The second-order valence-corrected chi connectivity index (χ2v) is 7.03. The van der Waals surface area contributed by atoms with Gasteiger partial charge in [-0.15, -0.1) is 0 Å². The highest BCUT2D eigenvalue weighted by atomic mass is 35.5. The van der Waals surface area contributed by atoms with E-state index in [1.807, 2.05) is 30.3 Å². The summed E-state index contributed by atoms with van der Waals surface area (Å²) in [6, 6.07) is 14.1. The third kappa shape index (κ3) is 3.77. The molecule has 2 nitrogen and oxygen atoms in total. The standard InChI is InChI=1S/C18H19Cl3N2/c1-2-22-9-10-23(17-8-7-15(20)11-16(17)21)18(12-22)13-3-5-14(19)6-4-13/h3-8,11,18H,2,9-10,12H2,1H3. The van der Waals surface area contributed by atoms with E-state index >= 15 is 0 Å². The molecule has 2 aromatic rings. The van der Waals surface area contributed by atoms with Gasteiger partial charge in [-0.3, -0.25) is 4.90 Å². The van der Waals surface area contributed by atoms with Crippen LogP contribution in [0.5, 0.6) is 0 Å². The summed E-state index contributed by atoms with van der Waals surface area (Å²) in [5.41, 5.74) is 2.28. The predicted molar refractivity (Wildman–Crippen MR) is 100 cm³/mol. The highest BCUT2D eigenvalue weighted by molar-refractivity contribution is 6.36. The van der Waals surface area contributed by atoms with Gasteiger partial charge in [0.1, 0.15) is 0 Å². The fourth-order valence-corrected chi connectivity index (χ4v) is 3.74. The molecule has 0 saturated carbocycles. The maximum Gasteiger partial charge on any atom is 0.0670 e. The van der Waals surface area contributed by atoms with Gasteiger partial charge in [-0.2, -0.15) is 0 Å². The molecule has 1 heterocycles. The molecule has 1 saturated heterocycles. The van der Waals surface area contributed by atoms with Crippen LogP contribution in [0.25, 0.3) is 0 Å². The Kier molecular flexibility index (Phi) is 5.38. The molecule has 0 N–H and O–H groups in total. The molecular weight excluding hydrogens is 351 g/mol. The van der Waals surface area contributed by atoms with E-state index in [4.69, 9.17) is 34.8 Å². The van der Waals surface area contributed by atoms with Crippen LogP contribution < -0.4 is 4.90 Å². The largest absolute Gasteiger partial charge is 0.361 e. The van der Waals surface area contributed by atoms with E-state index in [0.717, 1.165) is 36.9 Å². The third-order valence-electron chi connectivity index (χ3n) is 4.39. The molecule has 0 radical (unpaired) electrons. The van der Waals surface area contributed by atoms with Crippen LogP contribution in [-0.2, 0) is 0 Å². The highest BCUT2D eigenvalue weighted by Crippen LogP contribution is 2.36. The average molecular weight is 370 g/mol. The van der Waals surface area contributed by atoms with Crippen molar-refractivity contribution in [2.45, 2.75) is 13.0 Å². The number of benzene rings is 2.